The molecule has 192 valence electrons. The zero-order valence-electron chi connectivity index (χ0n) is 21.6. The van der Waals surface area contributed by atoms with E-state index >= 15 is 0 Å². The highest BCUT2D eigenvalue weighted by atomic mass is 16.5. The van der Waals surface area contributed by atoms with E-state index in [9.17, 15) is 24.0 Å². The minimum atomic E-state index is -0.957. The molecule has 2 saturated heterocycles. The Hall–Kier alpha value is -3.07. The number of amides is 4. The summed E-state index contributed by atoms with van der Waals surface area (Å²) in [6.07, 6.45) is 2.74. The molecule has 4 amide bonds. The fraction of sp³-hybridized carbons (Fsp3) is 0.577. The van der Waals surface area contributed by atoms with Gasteiger partial charge in [0, 0.05) is 38.2 Å². The summed E-state index contributed by atoms with van der Waals surface area (Å²) < 4.78 is 4.94. The number of anilines is 1. The van der Waals surface area contributed by atoms with Gasteiger partial charge in [0.2, 0.25) is 11.8 Å². The predicted octanol–water partition coefficient (Wildman–Crippen LogP) is 2.96. The fourth-order valence-corrected chi connectivity index (χ4v) is 3.95. The van der Waals surface area contributed by atoms with Crippen molar-refractivity contribution in [3.63, 3.8) is 0 Å². The van der Waals surface area contributed by atoms with Crippen LogP contribution in [0.25, 0.3) is 0 Å². The van der Waals surface area contributed by atoms with E-state index in [0.717, 1.165) is 29.7 Å². The zero-order chi connectivity index (χ0) is 26.3. The Morgan fingerprint density at radius 1 is 0.971 bits per heavy atom. The van der Waals surface area contributed by atoms with Crippen LogP contribution in [0.2, 0.25) is 0 Å². The first-order valence-electron chi connectivity index (χ1n) is 12.2. The Kier molecular flexibility index (Phi) is 9.71. The summed E-state index contributed by atoms with van der Waals surface area (Å²) in [6.45, 7) is 11.5. The predicted molar refractivity (Wildman–Crippen MR) is 132 cm³/mol. The number of nitrogens with one attached hydrogen (secondary N) is 1. The second-order valence-electron chi connectivity index (χ2n) is 9.45. The van der Waals surface area contributed by atoms with Gasteiger partial charge in [-0.1, -0.05) is 13.8 Å². The topological polar surface area (TPSA) is 113 Å². The second-order valence-corrected chi connectivity index (χ2v) is 9.45. The van der Waals surface area contributed by atoms with Gasteiger partial charge in [-0.25, -0.2) is 0 Å². The number of imide groups is 2. The molecule has 1 N–H and O–H groups in total. The summed E-state index contributed by atoms with van der Waals surface area (Å²) in [5, 5.41) is 2.19. The van der Waals surface area contributed by atoms with E-state index in [1.54, 1.807) is 25.3 Å². The van der Waals surface area contributed by atoms with Crippen LogP contribution in [0.5, 0.6) is 0 Å². The van der Waals surface area contributed by atoms with Crippen LogP contribution in [0.1, 0.15) is 81.0 Å². The van der Waals surface area contributed by atoms with Gasteiger partial charge in [0.15, 0.2) is 0 Å². The molecule has 2 fully saturated rings. The third kappa shape index (κ3) is 6.75. The van der Waals surface area contributed by atoms with Gasteiger partial charge in [0.25, 0.3) is 11.8 Å². The number of benzene rings is 1. The zero-order valence-corrected chi connectivity index (χ0v) is 21.6. The standard InChI is InChI=1S/C19H19N3O5.C5H12O.C2H6/c23-10-11-5-7-21(8-6-11)12-1-2-13-14(9-12)19(27)22(18(13)26)15-3-4-16(24)20-17(15)25;1-5(2,3)6-4;1-2/h1-2,9-11,15H,3-8H2,(H,20,24,25);1-4H3;1-2H3. The van der Waals surface area contributed by atoms with Crippen molar-refractivity contribution < 1.29 is 28.7 Å². The lowest BCUT2D eigenvalue weighted by molar-refractivity contribution is -0.136. The first-order valence-corrected chi connectivity index (χ1v) is 12.2. The number of ether oxygens (including phenoxy) is 1. The maximum absolute atomic E-state index is 12.8. The van der Waals surface area contributed by atoms with E-state index in [1.165, 1.54) is 0 Å². The maximum atomic E-state index is 12.8. The largest absolute Gasteiger partial charge is 0.379 e. The Balaban J connectivity index is 0.000000474. The van der Waals surface area contributed by atoms with Crippen LogP contribution >= 0.6 is 0 Å². The smallest absolute Gasteiger partial charge is 0.262 e. The van der Waals surface area contributed by atoms with E-state index in [4.69, 9.17) is 4.74 Å². The first kappa shape index (κ1) is 28.2. The molecular weight excluding hydrogens is 450 g/mol. The monoisotopic (exact) mass is 487 g/mol. The number of hydrogen-bond acceptors (Lipinski definition) is 7. The van der Waals surface area contributed by atoms with Gasteiger partial charge in [-0.3, -0.25) is 29.4 Å². The highest BCUT2D eigenvalue weighted by Gasteiger charge is 2.44. The SMILES string of the molecule is CC.COC(C)(C)C.O=CC1CCN(c2ccc3c(c2)C(=O)N(C2CCC(=O)NC2=O)C3=O)CC1. The summed E-state index contributed by atoms with van der Waals surface area (Å²) in [6, 6.07) is 4.13. The molecule has 35 heavy (non-hydrogen) atoms. The van der Waals surface area contributed by atoms with Crippen LogP contribution in [-0.4, -0.2) is 66.7 Å². The van der Waals surface area contributed by atoms with E-state index in [1.807, 2.05) is 34.6 Å². The third-order valence-corrected chi connectivity index (χ3v) is 6.13. The van der Waals surface area contributed by atoms with E-state index in [0.29, 0.717) is 13.1 Å². The van der Waals surface area contributed by atoms with E-state index in [2.05, 4.69) is 10.2 Å². The van der Waals surface area contributed by atoms with Crippen LogP contribution in [-0.2, 0) is 19.1 Å². The Labute approximate surface area is 207 Å². The third-order valence-electron chi connectivity index (χ3n) is 6.13. The summed E-state index contributed by atoms with van der Waals surface area (Å²) >= 11 is 0. The van der Waals surface area contributed by atoms with Crippen molar-refractivity contribution in [3.8, 4) is 0 Å². The van der Waals surface area contributed by atoms with Crippen molar-refractivity contribution in [1.29, 1.82) is 0 Å². The number of fused-ring (bicyclic) bond motifs is 1. The Bertz CT molecular complexity index is 960. The lowest BCUT2D eigenvalue weighted by Crippen LogP contribution is -2.54. The molecule has 3 aliphatic heterocycles. The molecule has 3 aliphatic rings. The maximum Gasteiger partial charge on any atom is 0.262 e. The lowest BCUT2D eigenvalue weighted by Gasteiger charge is -2.31. The minimum absolute atomic E-state index is 0.0417. The lowest BCUT2D eigenvalue weighted by atomic mass is 9.97. The first-order chi connectivity index (χ1) is 16.6. The molecule has 0 radical (unpaired) electrons. The number of piperidine rings is 2. The van der Waals surface area contributed by atoms with Crippen LogP contribution in [0.15, 0.2) is 18.2 Å². The van der Waals surface area contributed by atoms with Crippen LogP contribution < -0.4 is 10.2 Å². The molecule has 0 bridgehead atoms. The summed E-state index contributed by atoms with van der Waals surface area (Å²) in [5.41, 5.74) is 1.42. The van der Waals surface area contributed by atoms with Crippen LogP contribution in [0, 0.1) is 5.92 Å². The molecule has 3 heterocycles. The minimum Gasteiger partial charge on any atom is -0.379 e. The van der Waals surface area contributed by atoms with Crippen molar-refractivity contribution in [3.05, 3.63) is 29.3 Å². The second kappa shape index (κ2) is 12.1. The molecule has 0 aromatic heterocycles. The summed E-state index contributed by atoms with van der Waals surface area (Å²) in [4.78, 5) is 62.9. The number of methoxy groups -OCH3 is 1. The molecule has 9 nitrogen and oxygen atoms in total. The van der Waals surface area contributed by atoms with Gasteiger partial charge >= 0.3 is 0 Å². The highest BCUT2D eigenvalue weighted by Crippen LogP contribution is 2.31. The molecule has 1 aromatic rings. The van der Waals surface area contributed by atoms with E-state index < -0.39 is 29.7 Å². The quantitative estimate of drug-likeness (QED) is 0.515. The molecule has 9 heteroatoms. The normalized spacial score (nSPS) is 20.3. The fourth-order valence-electron chi connectivity index (χ4n) is 3.95. The molecule has 0 aliphatic carbocycles. The van der Waals surface area contributed by atoms with Crippen LogP contribution in [0.3, 0.4) is 0 Å². The number of nitrogens with zero attached hydrogens (tertiary/aromatic N) is 2. The molecule has 4 rings (SSSR count). The molecule has 1 atom stereocenters. The van der Waals surface area contributed by atoms with Crippen molar-refractivity contribution in [2.45, 2.75) is 71.9 Å². The average molecular weight is 488 g/mol. The van der Waals surface area contributed by atoms with Gasteiger partial charge < -0.3 is 14.4 Å². The molecule has 1 unspecified atom stereocenters. The van der Waals surface area contributed by atoms with E-state index in [-0.39, 0.29) is 35.5 Å². The molecule has 1 aromatic carbocycles. The molecular formula is C26H37N3O6. The molecule has 0 spiro atoms. The van der Waals surface area contributed by atoms with Gasteiger partial charge in [-0.2, -0.15) is 0 Å². The van der Waals surface area contributed by atoms with Gasteiger partial charge in [-0.15, -0.1) is 0 Å². The number of carbonyl (C=O) groups excluding carboxylic acids is 5. The van der Waals surface area contributed by atoms with Gasteiger partial charge in [-0.05, 0) is 58.2 Å². The van der Waals surface area contributed by atoms with Gasteiger partial charge in [0.1, 0.15) is 12.3 Å². The summed E-state index contributed by atoms with van der Waals surface area (Å²) in [5.74, 6) is -1.95. The van der Waals surface area contributed by atoms with Crippen LogP contribution in [0.4, 0.5) is 5.69 Å². The van der Waals surface area contributed by atoms with Gasteiger partial charge in [0.05, 0.1) is 16.7 Å². The number of rotatable bonds is 3. The number of aldehydes is 1. The Morgan fingerprint density at radius 2 is 1.54 bits per heavy atom. The average Bonchev–Trinajstić information content (AvgIpc) is 3.10. The number of hydrogen-bond donors (Lipinski definition) is 1. The summed E-state index contributed by atoms with van der Waals surface area (Å²) in [7, 11) is 1.71. The van der Waals surface area contributed by atoms with Crippen molar-refractivity contribution in [2.75, 3.05) is 25.1 Å². The molecule has 0 saturated carbocycles. The van der Waals surface area contributed by atoms with Crippen molar-refractivity contribution in [1.82, 2.24) is 10.2 Å². The van der Waals surface area contributed by atoms with Crippen molar-refractivity contribution in [2.24, 2.45) is 5.92 Å². The van der Waals surface area contributed by atoms with Crippen molar-refractivity contribution >= 4 is 35.6 Å². The number of carbonyl (C=O) groups is 5. The Morgan fingerprint density at radius 3 is 2.06 bits per heavy atom. The highest BCUT2D eigenvalue weighted by molar-refractivity contribution is 6.23.